The maximum Gasteiger partial charge on any atom is 0.127 e. The summed E-state index contributed by atoms with van der Waals surface area (Å²) in [7, 11) is 1.76. The van der Waals surface area contributed by atoms with Crippen LogP contribution in [0, 0.1) is 0 Å². The van der Waals surface area contributed by atoms with E-state index < -0.39 is 0 Å². The molecule has 2 aromatic rings. The van der Waals surface area contributed by atoms with Crippen molar-refractivity contribution >= 4 is 17.3 Å². The molecule has 17 heavy (non-hydrogen) atoms. The quantitative estimate of drug-likeness (QED) is 0.799. The summed E-state index contributed by atoms with van der Waals surface area (Å²) >= 11 is 5.79. The Morgan fingerprint density at radius 3 is 1.82 bits per heavy atom. The molecule has 2 aromatic carbocycles. The largest absolute Gasteiger partial charge is 0.687 e. The molecule has 0 amide bonds. The third kappa shape index (κ3) is 4.31. The second-order valence-corrected chi connectivity index (χ2v) is 3.71. The van der Waals surface area contributed by atoms with Crippen LogP contribution in [0.3, 0.4) is 0 Å². The van der Waals surface area contributed by atoms with Crippen LogP contribution in [-0.2, 0) is 32.7 Å². The molecule has 0 heterocycles. The number of ether oxygens (including phenoxy) is 1. The summed E-state index contributed by atoms with van der Waals surface area (Å²) < 4.78 is 5.63. The summed E-state index contributed by atoms with van der Waals surface area (Å²) in [4.78, 5) is 0. The van der Waals surface area contributed by atoms with E-state index in [0.717, 1.165) is 17.2 Å². The zero-order chi connectivity index (χ0) is 11.4. The van der Waals surface area contributed by atoms with Gasteiger partial charge >= 0.3 is 0 Å². The third-order valence-corrected chi connectivity index (χ3v) is 2.40. The Morgan fingerprint density at radius 1 is 0.882 bits per heavy atom. The summed E-state index contributed by atoms with van der Waals surface area (Å²) in [6.07, 6.45) is 0. The molecule has 2 nitrogen and oxygen atoms in total. The van der Waals surface area contributed by atoms with Crippen molar-refractivity contribution in [2.75, 3.05) is 7.05 Å². The van der Waals surface area contributed by atoms with Gasteiger partial charge in [-0.15, -0.1) is 12.7 Å². The monoisotopic (exact) mass is 321 g/mol. The number of hydrogen-bond acceptors (Lipinski definition) is 1. The first-order valence-electron chi connectivity index (χ1n) is 4.91. The zero-order valence-electron chi connectivity index (χ0n) is 9.43. The fourth-order valence-corrected chi connectivity index (χ4v) is 1.43. The molecule has 0 saturated carbocycles. The second-order valence-electron chi connectivity index (χ2n) is 3.27. The van der Waals surface area contributed by atoms with Crippen LogP contribution in [0.25, 0.3) is 5.32 Å². The molecule has 85 valence electrons. The van der Waals surface area contributed by atoms with Crippen LogP contribution in [-0.4, -0.2) is 7.05 Å². The van der Waals surface area contributed by atoms with Crippen LogP contribution in [0.4, 0.5) is 5.69 Å². The topological polar surface area (TPSA) is 23.3 Å². The van der Waals surface area contributed by atoms with Gasteiger partial charge in [-0.05, 0) is 36.4 Å². The van der Waals surface area contributed by atoms with Crippen molar-refractivity contribution in [3.8, 4) is 11.5 Å². The van der Waals surface area contributed by atoms with Gasteiger partial charge in [-0.3, -0.25) is 0 Å². The van der Waals surface area contributed by atoms with Crippen LogP contribution in [0.1, 0.15) is 0 Å². The fraction of sp³-hybridized carbons (Fsp3) is 0.0769. The molecule has 0 aromatic heterocycles. The predicted octanol–water partition coefficient (Wildman–Crippen LogP) is 4.76. The predicted molar refractivity (Wildman–Crippen MR) is 66.9 cm³/mol. The van der Waals surface area contributed by atoms with Crippen LogP contribution in [0.2, 0.25) is 5.02 Å². The average Bonchev–Trinajstić information content (AvgIpc) is 2.33. The molecule has 0 aliphatic rings. The first-order chi connectivity index (χ1) is 7.78. The van der Waals surface area contributed by atoms with Crippen LogP contribution >= 0.6 is 11.6 Å². The molecule has 0 spiro atoms. The first-order valence-corrected chi connectivity index (χ1v) is 5.29. The van der Waals surface area contributed by atoms with Crippen molar-refractivity contribution in [3.63, 3.8) is 0 Å². The third-order valence-electron chi connectivity index (χ3n) is 2.14. The SMILES string of the molecule is C[N-]c1ccc(Oc2ccc(Cl)cc2)cc1.[Y]. The zero-order valence-corrected chi connectivity index (χ0v) is 13.0. The Kier molecular flexibility index (Phi) is 5.97. The van der Waals surface area contributed by atoms with Gasteiger partial charge in [-0.25, -0.2) is 0 Å². The number of nitrogens with zero attached hydrogens (tertiary/aromatic N) is 1. The van der Waals surface area contributed by atoms with Gasteiger partial charge in [0, 0.05) is 37.7 Å². The van der Waals surface area contributed by atoms with Gasteiger partial charge in [0.15, 0.2) is 0 Å². The van der Waals surface area contributed by atoms with E-state index in [-0.39, 0.29) is 32.7 Å². The molecule has 0 unspecified atom stereocenters. The molecule has 1 radical (unpaired) electrons. The fourth-order valence-electron chi connectivity index (χ4n) is 1.30. The van der Waals surface area contributed by atoms with E-state index in [0.29, 0.717) is 5.02 Å². The first kappa shape index (κ1) is 14.5. The number of halogens is 1. The second kappa shape index (κ2) is 7.00. The van der Waals surface area contributed by atoms with Gasteiger partial charge in [0.1, 0.15) is 11.5 Å². The molecule has 0 fully saturated rings. The number of rotatable bonds is 3. The number of benzene rings is 2. The van der Waals surface area contributed by atoms with E-state index in [9.17, 15) is 0 Å². The van der Waals surface area contributed by atoms with E-state index in [2.05, 4.69) is 5.32 Å². The summed E-state index contributed by atoms with van der Waals surface area (Å²) in [5.74, 6) is 1.56. The van der Waals surface area contributed by atoms with Crippen molar-refractivity contribution in [3.05, 3.63) is 58.9 Å². The normalized spacial score (nSPS) is 9.29. The van der Waals surface area contributed by atoms with E-state index in [1.165, 1.54) is 0 Å². The Balaban J connectivity index is 0.00000144. The van der Waals surface area contributed by atoms with Crippen molar-refractivity contribution in [1.29, 1.82) is 0 Å². The molecular formula is C13H11ClNOY-. The Morgan fingerprint density at radius 2 is 1.35 bits per heavy atom. The summed E-state index contributed by atoms with van der Waals surface area (Å²) in [5, 5.41) is 4.76. The molecular weight excluding hydrogens is 311 g/mol. The minimum Gasteiger partial charge on any atom is -0.687 e. The molecule has 2 rings (SSSR count). The van der Waals surface area contributed by atoms with Crippen molar-refractivity contribution in [2.24, 2.45) is 0 Å². The maximum atomic E-state index is 5.79. The number of hydrogen-bond donors (Lipinski definition) is 0. The molecule has 0 saturated heterocycles. The van der Waals surface area contributed by atoms with Crippen molar-refractivity contribution < 1.29 is 37.4 Å². The van der Waals surface area contributed by atoms with Crippen LogP contribution in [0.5, 0.6) is 11.5 Å². The Labute approximate surface area is 131 Å². The van der Waals surface area contributed by atoms with E-state index in [1.807, 2.05) is 36.4 Å². The minimum atomic E-state index is 0. The van der Waals surface area contributed by atoms with Crippen LogP contribution < -0.4 is 4.74 Å². The summed E-state index contributed by atoms with van der Waals surface area (Å²) in [6, 6.07) is 14.9. The smallest absolute Gasteiger partial charge is 0.127 e. The minimum absolute atomic E-state index is 0. The molecule has 0 N–H and O–H groups in total. The Hall–Kier alpha value is -0.566. The van der Waals surface area contributed by atoms with Gasteiger partial charge in [0.05, 0.1) is 0 Å². The van der Waals surface area contributed by atoms with E-state index in [4.69, 9.17) is 16.3 Å². The molecule has 0 bridgehead atoms. The molecule has 0 aliphatic heterocycles. The maximum absolute atomic E-state index is 5.79. The summed E-state index contributed by atoms with van der Waals surface area (Å²) in [5.41, 5.74) is 0.934. The van der Waals surface area contributed by atoms with Gasteiger partial charge in [-0.1, -0.05) is 23.7 Å². The summed E-state index contributed by atoms with van der Waals surface area (Å²) in [6.45, 7) is 0. The average molecular weight is 322 g/mol. The Bertz CT molecular complexity index is 456. The van der Waals surface area contributed by atoms with E-state index >= 15 is 0 Å². The van der Waals surface area contributed by atoms with Gasteiger partial charge < -0.3 is 10.1 Å². The van der Waals surface area contributed by atoms with Gasteiger partial charge in [-0.2, -0.15) is 0 Å². The molecule has 4 heteroatoms. The standard InChI is InChI=1S/C13H11ClNO.Y/c1-15-11-4-8-13(9-5-11)16-12-6-2-10(14)3-7-12;/h2-9H,1H3;/q-1;. The molecule has 0 atom stereocenters. The van der Waals surface area contributed by atoms with Crippen LogP contribution in [0.15, 0.2) is 48.5 Å². The van der Waals surface area contributed by atoms with E-state index in [1.54, 1.807) is 19.2 Å². The van der Waals surface area contributed by atoms with Crippen molar-refractivity contribution in [2.45, 2.75) is 0 Å². The molecule has 0 aliphatic carbocycles. The van der Waals surface area contributed by atoms with Crippen molar-refractivity contribution in [1.82, 2.24) is 0 Å². The van der Waals surface area contributed by atoms with Gasteiger partial charge in [0.25, 0.3) is 0 Å². The van der Waals surface area contributed by atoms with Gasteiger partial charge in [0.2, 0.25) is 0 Å².